The van der Waals surface area contributed by atoms with Crippen LogP contribution in [0.15, 0.2) is 54.6 Å². The third kappa shape index (κ3) is 2.92. The largest absolute Gasteiger partial charge is 0.269 e. The van der Waals surface area contributed by atoms with Crippen molar-refractivity contribution in [2.75, 3.05) is 4.31 Å². The molecule has 0 saturated carbocycles. The van der Waals surface area contributed by atoms with Gasteiger partial charge in [0.1, 0.15) is 0 Å². The van der Waals surface area contributed by atoms with Gasteiger partial charge in [-0.05, 0) is 24.3 Å². The van der Waals surface area contributed by atoms with Gasteiger partial charge in [-0.1, -0.05) is 31.0 Å². The summed E-state index contributed by atoms with van der Waals surface area (Å²) >= 11 is 4.13. The van der Waals surface area contributed by atoms with Crippen molar-refractivity contribution in [2.45, 2.75) is 0 Å². The minimum absolute atomic E-state index is 0.0300. The molecule has 0 radical (unpaired) electrons. The molecule has 0 atom stereocenters. The highest BCUT2D eigenvalue weighted by molar-refractivity contribution is 7.82. The molecule has 0 aliphatic rings. The van der Waals surface area contributed by atoms with Gasteiger partial charge in [0, 0.05) is 17.7 Å². The highest BCUT2D eigenvalue weighted by Crippen LogP contribution is 2.22. The predicted octanol–water partition coefficient (Wildman–Crippen LogP) is 3.09. The number of hydrogen-bond acceptors (Lipinski definition) is 4. The van der Waals surface area contributed by atoms with Crippen molar-refractivity contribution < 1.29 is 9.72 Å². The number of nitro benzene ring substituents is 1. The van der Waals surface area contributed by atoms with Gasteiger partial charge < -0.3 is 0 Å². The second-order valence-electron chi connectivity index (χ2n) is 3.76. The zero-order valence-corrected chi connectivity index (χ0v) is 10.7. The summed E-state index contributed by atoms with van der Waals surface area (Å²) in [6.07, 6.45) is 0. The Balaban J connectivity index is 2.22. The molecule has 0 unspecified atom stereocenters. The van der Waals surface area contributed by atoms with Crippen molar-refractivity contribution >= 4 is 30.1 Å². The van der Waals surface area contributed by atoms with Gasteiger partial charge >= 0.3 is 0 Å². The smallest absolute Gasteiger partial charge is 0.268 e. The number of nitrogens with zero attached hydrogens (tertiary/aromatic N) is 2. The lowest BCUT2D eigenvalue weighted by Crippen LogP contribution is -2.20. The minimum atomic E-state index is -0.494. The lowest BCUT2D eigenvalue weighted by Gasteiger charge is -2.15. The maximum absolute atomic E-state index is 12.1. The molecule has 5 nitrogen and oxygen atoms in total. The number of hydrogen-bond donors (Lipinski definition) is 1. The molecule has 96 valence electrons. The Hall–Kier alpha value is -2.34. The number of thiol groups is 1. The Kier molecular flexibility index (Phi) is 3.82. The highest BCUT2D eigenvalue weighted by atomic mass is 32.1. The van der Waals surface area contributed by atoms with E-state index in [-0.39, 0.29) is 11.6 Å². The van der Waals surface area contributed by atoms with Crippen LogP contribution in [0, 0.1) is 10.1 Å². The summed E-state index contributed by atoms with van der Waals surface area (Å²) in [5.41, 5.74) is 0.941. The first-order valence-electron chi connectivity index (χ1n) is 5.42. The predicted molar refractivity (Wildman–Crippen MR) is 75.3 cm³/mol. The molecule has 0 spiro atoms. The second-order valence-corrected chi connectivity index (χ2v) is 4.16. The van der Waals surface area contributed by atoms with E-state index in [1.807, 2.05) is 6.07 Å². The maximum atomic E-state index is 12.1. The van der Waals surface area contributed by atoms with E-state index in [0.29, 0.717) is 11.3 Å². The van der Waals surface area contributed by atoms with Crippen LogP contribution in [0.25, 0.3) is 0 Å². The monoisotopic (exact) mass is 274 g/mol. The number of carbonyl (C=O) groups excluding carboxylic acids is 1. The first-order valence-corrected chi connectivity index (χ1v) is 5.82. The van der Waals surface area contributed by atoms with Crippen LogP contribution in [0.5, 0.6) is 0 Å². The normalized spacial score (nSPS) is 9.95. The molecule has 1 amide bonds. The average molecular weight is 274 g/mol. The number of amides is 1. The number of benzene rings is 2. The first kappa shape index (κ1) is 13.1. The molecule has 6 heteroatoms. The summed E-state index contributed by atoms with van der Waals surface area (Å²) in [7, 11) is 0. The third-order valence-corrected chi connectivity index (χ3v) is 2.93. The molecule has 0 heterocycles. The van der Waals surface area contributed by atoms with Crippen molar-refractivity contribution in [2.24, 2.45) is 0 Å². The second kappa shape index (κ2) is 5.53. The molecule has 0 aliphatic carbocycles. The Bertz CT molecular complexity index is 599. The van der Waals surface area contributed by atoms with Gasteiger partial charge in [-0.2, -0.15) is 0 Å². The number of rotatable bonds is 3. The van der Waals surface area contributed by atoms with Gasteiger partial charge in [0.05, 0.1) is 10.6 Å². The van der Waals surface area contributed by atoms with Gasteiger partial charge in [-0.25, -0.2) is 0 Å². The summed E-state index contributed by atoms with van der Waals surface area (Å²) in [5, 5.41) is 10.5. The van der Waals surface area contributed by atoms with Gasteiger partial charge in [-0.15, -0.1) is 0 Å². The summed E-state index contributed by atoms with van der Waals surface area (Å²) in [6, 6.07) is 14.3. The van der Waals surface area contributed by atoms with Crippen LogP contribution in [0.3, 0.4) is 0 Å². The van der Waals surface area contributed by atoms with Gasteiger partial charge in [0.2, 0.25) is 0 Å². The van der Waals surface area contributed by atoms with Crippen LogP contribution >= 0.6 is 12.8 Å². The van der Waals surface area contributed by atoms with Crippen LogP contribution < -0.4 is 4.31 Å². The maximum Gasteiger partial charge on any atom is 0.269 e. The van der Waals surface area contributed by atoms with E-state index in [1.54, 1.807) is 24.3 Å². The molecular weight excluding hydrogens is 264 g/mol. The average Bonchev–Trinajstić information content (AvgIpc) is 2.46. The van der Waals surface area contributed by atoms with Crippen molar-refractivity contribution in [1.29, 1.82) is 0 Å². The zero-order chi connectivity index (χ0) is 13.8. The Morgan fingerprint density at radius 3 is 2.16 bits per heavy atom. The number of non-ortho nitro benzene ring substituents is 1. The molecule has 0 saturated heterocycles. The van der Waals surface area contributed by atoms with Crippen LogP contribution in [-0.2, 0) is 0 Å². The Morgan fingerprint density at radius 1 is 1.05 bits per heavy atom. The van der Waals surface area contributed by atoms with Crippen molar-refractivity contribution in [3.63, 3.8) is 0 Å². The van der Waals surface area contributed by atoms with E-state index in [0.717, 1.165) is 4.31 Å². The van der Waals surface area contributed by atoms with Gasteiger partial charge in [-0.3, -0.25) is 19.2 Å². The SMILES string of the molecule is O=C(c1ccccc1)N(S)c1ccc([N+](=O)[O-])cc1. The minimum Gasteiger partial charge on any atom is -0.268 e. The fraction of sp³-hybridized carbons (Fsp3) is 0. The van der Waals surface area contributed by atoms with Gasteiger partial charge in [0.25, 0.3) is 11.6 Å². The zero-order valence-electron chi connectivity index (χ0n) is 9.76. The number of nitro groups is 1. The molecular formula is C13H10N2O3S. The van der Waals surface area contributed by atoms with Crippen LogP contribution in [-0.4, -0.2) is 10.8 Å². The van der Waals surface area contributed by atoms with E-state index in [2.05, 4.69) is 12.8 Å². The quantitative estimate of drug-likeness (QED) is 0.531. The van der Waals surface area contributed by atoms with E-state index in [9.17, 15) is 14.9 Å². The van der Waals surface area contributed by atoms with E-state index >= 15 is 0 Å². The van der Waals surface area contributed by atoms with Gasteiger partial charge in [0.15, 0.2) is 0 Å². The molecule has 2 aromatic rings. The number of carbonyl (C=O) groups is 1. The lowest BCUT2D eigenvalue weighted by molar-refractivity contribution is -0.384. The van der Waals surface area contributed by atoms with Crippen molar-refractivity contribution in [1.82, 2.24) is 0 Å². The lowest BCUT2D eigenvalue weighted by atomic mass is 10.2. The topological polar surface area (TPSA) is 63.5 Å². The third-order valence-electron chi connectivity index (χ3n) is 2.52. The fourth-order valence-corrected chi connectivity index (χ4v) is 1.78. The first-order chi connectivity index (χ1) is 9.09. The number of anilines is 1. The summed E-state index contributed by atoms with van der Waals surface area (Å²) in [4.78, 5) is 22.1. The summed E-state index contributed by atoms with van der Waals surface area (Å²) < 4.78 is 1.15. The molecule has 0 aromatic heterocycles. The molecule has 0 fully saturated rings. The van der Waals surface area contributed by atoms with E-state index in [1.165, 1.54) is 24.3 Å². The summed E-state index contributed by atoms with van der Waals surface area (Å²) in [6.45, 7) is 0. The molecule has 0 N–H and O–H groups in total. The van der Waals surface area contributed by atoms with Crippen molar-refractivity contribution in [3.8, 4) is 0 Å². The van der Waals surface area contributed by atoms with Crippen molar-refractivity contribution in [3.05, 3.63) is 70.3 Å². The Morgan fingerprint density at radius 2 is 1.63 bits per heavy atom. The fourth-order valence-electron chi connectivity index (χ4n) is 1.54. The van der Waals surface area contributed by atoms with Crippen LogP contribution in [0.4, 0.5) is 11.4 Å². The highest BCUT2D eigenvalue weighted by Gasteiger charge is 2.15. The molecule has 0 aliphatic heterocycles. The van der Waals surface area contributed by atoms with Crippen LogP contribution in [0.2, 0.25) is 0 Å². The van der Waals surface area contributed by atoms with Crippen LogP contribution in [0.1, 0.15) is 10.4 Å². The molecule has 2 aromatic carbocycles. The molecule has 19 heavy (non-hydrogen) atoms. The van der Waals surface area contributed by atoms with E-state index in [4.69, 9.17) is 0 Å². The standard InChI is InChI=1S/C13H10N2O3S/c16-13(10-4-2-1-3-5-10)14(19)11-6-8-12(9-7-11)15(17)18/h1-9,19H. The molecule has 0 bridgehead atoms. The molecule has 2 rings (SSSR count). The Labute approximate surface area is 115 Å². The van der Waals surface area contributed by atoms with E-state index < -0.39 is 4.92 Å². The summed E-state index contributed by atoms with van der Waals surface area (Å²) in [5.74, 6) is -0.294.